The molecule has 0 aliphatic carbocycles. The van der Waals surface area contributed by atoms with Gasteiger partial charge in [-0.15, -0.1) is 0 Å². The zero-order valence-electron chi connectivity index (χ0n) is 11.1. The molecule has 2 aromatic carbocycles. The lowest BCUT2D eigenvalue weighted by Gasteiger charge is -2.12. The van der Waals surface area contributed by atoms with Crippen molar-refractivity contribution in [1.82, 2.24) is 5.32 Å². The molecule has 3 nitrogen and oxygen atoms in total. The van der Waals surface area contributed by atoms with Crippen LogP contribution in [0.4, 0.5) is 0 Å². The molecule has 0 heterocycles. The third-order valence-corrected chi connectivity index (χ3v) is 3.33. The van der Waals surface area contributed by atoms with Crippen LogP contribution >= 0.6 is 11.6 Å². The van der Waals surface area contributed by atoms with Gasteiger partial charge >= 0.3 is 0 Å². The van der Waals surface area contributed by atoms with Crippen LogP contribution in [0.15, 0.2) is 48.5 Å². The van der Waals surface area contributed by atoms with Crippen LogP contribution in [0.1, 0.15) is 17.2 Å². The molecule has 0 aliphatic heterocycles. The summed E-state index contributed by atoms with van der Waals surface area (Å²) in [5.74, 6) is 0.276. The van der Waals surface area contributed by atoms with Crippen LogP contribution in [0, 0.1) is 0 Å². The number of phenols is 1. The van der Waals surface area contributed by atoms with Gasteiger partial charge in [0, 0.05) is 11.6 Å². The molecule has 0 spiro atoms. The maximum Gasteiger partial charge on any atom is 0.115 e. The molecule has 1 atom stereocenters. The van der Waals surface area contributed by atoms with Gasteiger partial charge in [0.15, 0.2) is 0 Å². The van der Waals surface area contributed by atoms with Crippen molar-refractivity contribution >= 4 is 11.6 Å². The molecule has 0 bridgehead atoms. The average molecular weight is 292 g/mol. The molecule has 3 N–H and O–H groups in total. The standard InChI is InChI=1S/C16H18ClNO2/c17-14-3-1-2-13(10-14)16(20)11-18-9-8-12-4-6-15(19)7-5-12/h1-7,10,16,18-20H,8-9,11H2. The summed E-state index contributed by atoms with van der Waals surface area (Å²) in [4.78, 5) is 0. The van der Waals surface area contributed by atoms with E-state index in [1.165, 1.54) is 0 Å². The van der Waals surface area contributed by atoms with Crippen LogP contribution in [0.25, 0.3) is 0 Å². The van der Waals surface area contributed by atoms with Crippen molar-refractivity contribution in [2.45, 2.75) is 12.5 Å². The van der Waals surface area contributed by atoms with Crippen LogP contribution in [0.5, 0.6) is 5.75 Å². The zero-order valence-corrected chi connectivity index (χ0v) is 11.8. The molecular weight excluding hydrogens is 274 g/mol. The van der Waals surface area contributed by atoms with Crippen LogP contribution in [-0.4, -0.2) is 23.3 Å². The lowest BCUT2D eigenvalue weighted by atomic mass is 10.1. The van der Waals surface area contributed by atoms with Crippen molar-refractivity contribution in [3.63, 3.8) is 0 Å². The number of hydrogen-bond acceptors (Lipinski definition) is 3. The molecule has 106 valence electrons. The van der Waals surface area contributed by atoms with E-state index in [1.807, 2.05) is 24.3 Å². The Labute approximate surface area is 123 Å². The molecule has 0 aliphatic rings. The quantitative estimate of drug-likeness (QED) is 0.717. The minimum absolute atomic E-state index is 0.276. The second-order valence-electron chi connectivity index (χ2n) is 4.69. The number of halogens is 1. The van der Waals surface area contributed by atoms with Crippen LogP contribution < -0.4 is 5.32 Å². The first-order chi connectivity index (χ1) is 9.65. The summed E-state index contributed by atoms with van der Waals surface area (Å²) in [5, 5.41) is 23.1. The molecule has 0 radical (unpaired) electrons. The molecule has 0 saturated carbocycles. The third-order valence-electron chi connectivity index (χ3n) is 3.10. The van der Waals surface area contributed by atoms with Crippen molar-refractivity contribution < 1.29 is 10.2 Å². The Bertz CT molecular complexity index is 542. The molecule has 20 heavy (non-hydrogen) atoms. The van der Waals surface area contributed by atoms with Gasteiger partial charge in [-0.25, -0.2) is 0 Å². The first-order valence-corrected chi connectivity index (χ1v) is 6.95. The highest BCUT2D eigenvalue weighted by atomic mass is 35.5. The van der Waals surface area contributed by atoms with Gasteiger partial charge in [-0.1, -0.05) is 35.9 Å². The predicted octanol–water partition coefficient (Wildman–Crippen LogP) is 2.91. The fraction of sp³-hybridized carbons (Fsp3) is 0.250. The van der Waals surface area contributed by atoms with Gasteiger partial charge in [-0.05, 0) is 48.4 Å². The molecule has 4 heteroatoms. The minimum atomic E-state index is -0.562. The fourth-order valence-corrected chi connectivity index (χ4v) is 2.16. The summed E-state index contributed by atoms with van der Waals surface area (Å²) in [6.07, 6.45) is 0.288. The maximum absolute atomic E-state index is 10.0. The number of aliphatic hydroxyl groups is 1. The molecule has 0 amide bonds. The smallest absolute Gasteiger partial charge is 0.115 e. The number of phenolic OH excluding ortho intramolecular Hbond substituents is 1. The van der Waals surface area contributed by atoms with Gasteiger partial charge in [0.05, 0.1) is 6.10 Å². The Hall–Kier alpha value is -1.55. The Kier molecular flexibility index (Phi) is 5.41. The Morgan fingerprint density at radius 2 is 1.85 bits per heavy atom. The van der Waals surface area contributed by atoms with Crippen LogP contribution in [-0.2, 0) is 6.42 Å². The van der Waals surface area contributed by atoms with E-state index < -0.39 is 6.10 Å². The summed E-state index contributed by atoms with van der Waals surface area (Å²) >= 11 is 5.89. The first-order valence-electron chi connectivity index (χ1n) is 6.57. The summed E-state index contributed by atoms with van der Waals surface area (Å²) in [6.45, 7) is 1.25. The third kappa shape index (κ3) is 4.53. The van der Waals surface area contributed by atoms with E-state index in [0.29, 0.717) is 11.6 Å². The van der Waals surface area contributed by atoms with Gasteiger partial charge in [0.2, 0.25) is 0 Å². The number of aliphatic hydroxyl groups excluding tert-OH is 1. The highest BCUT2D eigenvalue weighted by Crippen LogP contribution is 2.17. The van der Waals surface area contributed by atoms with E-state index in [0.717, 1.165) is 24.1 Å². The minimum Gasteiger partial charge on any atom is -0.508 e. The summed E-state index contributed by atoms with van der Waals surface area (Å²) in [6, 6.07) is 14.4. The van der Waals surface area contributed by atoms with E-state index in [4.69, 9.17) is 11.6 Å². The molecule has 0 saturated heterocycles. The van der Waals surface area contributed by atoms with Gasteiger partial charge in [-0.2, -0.15) is 0 Å². The average Bonchev–Trinajstić information content (AvgIpc) is 2.45. The van der Waals surface area contributed by atoms with Gasteiger partial charge in [-0.3, -0.25) is 0 Å². The summed E-state index contributed by atoms with van der Waals surface area (Å²) in [7, 11) is 0. The fourth-order valence-electron chi connectivity index (χ4n) is 1.97. The highest BCUT2D eigenvalue weighted by molar-refractivity contribution is 6.30. The van der Waals surface area contributed by atoms with E-state index in [2.05, 4.69) is 5.32 Å². The van der Waals surface area contributed by atoms with E-state index >= 15 is 0 Å². The summed E-state index contributed by atoms with van der Waals surface area (Å²) in [5.41, 5.74) is 1.96. The second-order valence-corrected chi connectivity index (χ2v) is 5.13. The van der Waals surface area contributed by atoms with Crippen molar-refractivity contribution in [2.24, 2.45) is 0 Å². The number of benzene rings is 2. The monoisotopic (exact) mass is 291 g/mol. The maximum atomic E-state index is 10.0. The van der Waals surface area contributed by atoms with Crippen molar-refractivity contribution in [2.75, 3.05) is 13.1 Å². The van der Waals surface area contributed by atoms with Gasteiger partial charge < -0.3 is 15.5 Å². The highest BCUT2D eigenvalue weighted by Gasteiger charge is 2.06. The lowest BCUT2D eigenvalue weighted by molar-refractivity contribution is 0.175. The number of rotatable bonds is 6. The SMILES string of the molecule is Oc1ccc(CCNCC(O)c2cccc(Cl)c2)cc1. The first kappa shape index (κ1) is 14.9. The number of aromatic hydroxyl groups is 1. The van der Waals surface area contributed by atoms with Crippen molar-refractivity contribution in [1.29, 1.82) is 0 Å². The zero-order chi connectivity index (χ0) is 14.4. The van der Waals surface area contributed by atoms with Crippen LogP contribution in [0.3, 0.4) is 0 Å². The van der Waals surface area contributed by atoms with E-state index in [1.54, 1.807) is 24.3 Å². The Balaban J connectivity index is 1.74. The second kappa shape index (κ2) is 7.29. The summed E-state index contributed by atoms with van der Waals surface area (Å²) < 4.78 is 0. The Morgan fingerprint density at radius 1 is 1.10 bits per heavy atom. The lowest BCUT2D eigenvalue weighted by Crippen LogP contribution is -2.23. The largest absolute Gasteiger partial charge is 0.508 e. The molecule has 2 aromatic rings. The van der Waals surface area contributed by atoms with E-state index in [9.17, 15) is 10.2 Å². The van der Waals surface area contributed by atoms with Gasteiger partial charge in [0.25, 0.3) is 0 Å². The Morgan fingerprint density at radius 3 is 2.55 bits per heavy atom. The molecule has 2 rings (SSSR count). The number of hydrogen-bond donors (Lipinski definition) is 3. The van der Waals surface area contributed by atoms with Crippen molar-refractivity contribution in [3.8, 4) is 5.75 Å². The van der Waals surface area contributed by atoms with Crippen LogP contribution in [0.2, 0.25) is 5.02 Å². The van der Waals surface area contributed by atoms with Gasteiger partial charge in [0.1, 0.15) is 5.75 Å². The molecule has 0 fully saturated rings. The number of nitrogens with one attached hydrogen (secondary N) is 1. The predicted molar refractivity (Wildman–Crippen MR) is 81.1 cm³/mol. The van der Waals surface area contributed by atoms with E-state index in [-0.39, 0.29) is 5.75 Å². The molecule has 0 aromatic heterocycles. The van der Waals surface area contributed by atoms with Crippen molar-refractivity contribution in [3.05, 3.63) is 64.7 Å². The normalized spacial score (nSPS) is 12.3. The molecular formula is C16H18ClNO2. The molecule has 1 unspecified atom stereocenters. The topological polar surface area (TPSA) is 52.5 Å².